The molecular weight excluding hydrogens is 258 g/mol. The van der Waals surface area contributed by atoms with Gasteiger partial charge in [-0.25, -0.2) is 0 Å². The lowest BCUT2D eigenvalue weighted by Gasteiger charge is -2.17. The standard InChI is InChI=1S/C15H23NO2S/c1-4-12-7-6-8-13(5-2)14(12)16-15(18)11(3)19-10-9-17/h6-8,11,17H,4-5,9-10H2,1-3H3,(H,16,18). The van der Waals surface area contributed by atoms with Gasteiger partial charge in [0.2, 0.25) is 5.91 Å². The van der Waals surface area contributed by atoms with Gasteiger partial charge in [-0.1, -0.05) is 32.0 Å². The fourth-order valence-corrected chi connectivity index (χ4v) is 2.60. The number of anilines is 1. The molecule has 0 radical (unpaired) electrons. The fourth-order valence-electron chi connectivity index (χ4n) is 1.93. The van der Waals surface area contributed by atoms with Crippen molar-refractivity contribution in [1.82, 2.24) is 0 Å². The van der Waals surface area contributed by atoms with Crippen molar-refractivity contribution >= 4 is 23.4 Å². The van der Waals surface area contributed by atoms with Crippen LogP contribution in [0.2, 0.25) is 0 Å². The molecule has 1 unspecified atom stereocenters. The zero-order valence-electron chi connectivity index (χ0n) is 11.9. The molecule has 106 valence electrons. The van der Waals surface area contributed by atoms with Crippen molar-refractivity contribution in [1.29, 1.82) is 0 Å². The third kappa shape index (κ3) is 4.55. The van der Waals surface area contributed by atoms with Crippen LogP contribution in [0.5, 0.6) is 0 Å². The monoisotopic (exact) mass is 281 g/mol. The summed E-state index contributed by atoms with van der Waals surface area (Å²) >= 11 is 1.47. The van der Waals surface area contributed by atoms with Crippen LogP contribution in [0.3, 0.4) is 0 Å². The van der Waals surface area contributed by atoms with E-state index >= 15 is 0 Å². The summed E-state index contributed by atoms with van der Waals surface area (Å²) in [6.45, 7) is 6.16. The second kappa shape index (κ2) is 8.23. The van der Waals surface area contributed by atoms with Crippen LogP contribution in [-0.2, 0) is 17.6 Å². The highest BCUT2D eigenvalue weighted by molar-refractivity contribution is 8.00. The molecule has 0 aliphatic heterocycles. The molecule has 3 nitrogen and oxygen atoms in total. The van der Waals surface area contributed by atoms with Gasteiger partial charge in [0.1, 0.15) is 0 Å². The van der Waals surface area contributed by atoms with Gasteiger partial charge in [0, 0.05) is 11.4 Å². The Bertz CT molecular complexity index is 398. The number of benzene rings is 1. The Kier molecular flexibility index (Phi) is 6.95. The van der Waals surface area contributed by atoms with E-state index in [4.69, 9.17) is 5.11 Å². The molecule has 1 rings (SSSR count). The first-order valence-corrected chi connectivity index (χ1v) is 7.82. The number of aliphatic hydroxyl groups is 1. The van der Waals surface area contributed by atoms with Crippen molar-refractivity contribution in [3.8, 4) is 0 Å². The predicted molar refractivity (Wildman–Crippen MR) is 82.8 cm³/mol. The Morgan fingerprint density at radius 1 is 1.32 bits per heavy atom. The first-order valence-electron chi connectivity index (χ1n) is 6.78. The van der Waals surface area contributed by atoms with Crippen LogP contribution in [0.25, 0.3) is 0 Å². The van der Waals surface area contributed by atoms with E-state index in [1.165, 1.54) is 22.9 Å². The summed E-state index contributed by atoms with van der Waals surface area (Å²) in [6.07, 6.45) is 1.81. The number of rotatable bonds is 7. The zero-order chi connectivity index (χ0) is 14.3. The smallest absolute Gasteiger partial charge is 0.237 e. The van der Waals surface area contributed by atoms with Crippen LogP contribution in [0.1, 0.15) is 31.9 Å². The van der Waals surface area contributed by atoms with Crippen molar-refractivity contribution < 1.29 is 9.90 Å². The van der Waals surface area contributed by atoms with Crippen molar-refractivity contribution in [2.24, 2.45) is 0 Å². The summed E-state index contributed by atoms with van der Waals surface area (Å²) in [7, 11) is 0. The SMILES string of the molecule is CCc1cccc(CC)c1NC(=O)C(C)SCCO. The summed E-state index contributed by atoms with van der Waals surface area (Å²) in [5, 5.41) is 11.7. The summed E-state index contributed by atoms with van der Waals surface area (Å²) in [4.78, 5) is 12.1. The van der Waals surface area contributed by atoms with E-state index in [-0.39, 0.29) is 17.8 Å². The second-order valence-corrected chi connectivity index (χ2v) is 5.83. The van der Waals surface area contributed by atoms with Crippen LogP contribution in [0.4, 0.5) is 5.69 Å². The molecule has 4 heteroatoms. The van der Waals surface area contributed by atoms with Gasteiger partial charge < -0.3 is 10.4 Å². The fraction of sp³-hybridized carbons (Fsp3) is 0.533. The number of thioether (sulfide) groups is 1. The average molecular weight is 281 g/mol. The highest BCUT2D eigenvalue weighted by Gasteiger charge is 2.16. The maximum atomic E-state index is 12.1. The Morgan fingerprint density at radius 3 is 2.37 bits per heavy atom. The predicted octanol–water partition coefficient (Wildman–Crippen LogP) is 2.86. The molecule has 19 heavy (non-hydrogen) atoms. The molecule has 0 heterocycles. The highest BCUT2D eigenvalue weighted by atomic mass is 32.2. The topological polar surface area (TPSA) is 49.3 Å². The number of hydrogen-bond donors (Lipinski definition) is 2. The maximum Gasteiger partial charge on any atom is 0.237 e. The van der Waals surface area contributed by atoms with Gasteiger partial charge in [0.05, 0.1) is 11.9 Å². The minimum Gasteiger partial charge on any atom is -0.396 e. The lowest BCUT2D eigenvalue weighted by atomic mass is 10.0. The molecule has 1 aromatic rings. The highest BCUT2D eigenvalue weighted by Crippen LogP contribution is 2.23. The number of amides is 1. The van der Waals surface area contributed by atoms with Gasteiger partial charge in [0.15, 0.2) is 0 Å². The third-order valence-corrected chi connectivity index (χ3v) is 4.21. The molecule has 2 N–H and O–H groups in total. The van der Waals surface area contributed by atoms with Crippen LogP contribution < -0.4 is 5.32 Å². The van der Waals surface area contributed by atoms with E-state index in [0.717, 1.165) is 18.5 Å². The van der Waals surface area contributed by atoms with Crippen LogP contribution in [0.15, 0.2) is 18.2 Å². The molecule has 0 spiro atoms. The lowest BCUT2D eigenvalue weighted by Crippen LogP contribution is -2.24. The molecule has 0 bridgehead atoms. The Labute approximate surface area is 119 Å². The summed E-state index contributed by atoms with van der Waals surface area (Å²) in [5.41, 5.74) is 3.31. The molecular formula is C15H23NO2S. The molecule has 1 amide bonds. The van der Waals surface area contributed by atoms with Crippen molar-refractivity contribution in [3.63, 3.8) is 0 Å². The number of aryl methyl sites for hydroxylation is 2. The minimum atomic E-state index is -0.151. The van der Waals surface area contributed by atoms with Crippen LogP contribution >= 0.6 is 11.8 Å². The van der Waals surface area contributed by atoms with Gasteiger partial charge in [-0.15, -0.1) is 11.8 Å². The van der Waals surface area contributed by atoms with Gasteiger partial charge in [-0.3, -0.25) is 4.79 Å². The van der Waals surface area contributed by atoms with Gasteiger partial charge in [-0.2, -0.15) is 0 Å². The van der Waals surface area contributed by atoms with Gasteiger partial charge in [-0.05, 0) is 30.9 Å². The molecule has 0 saturated carbocycles. The van der Waals surface area contributed by atoms with Gasteiger partial charge >= 0.3 is 0 Å². The minimum absolute atomic E-state index is 0.00838. The van der Waals surface area contributed by atoms with Gasteiger partial charge in [0.25, 0.3) is 0 Å². The number of nitrogens with one attached hydrogen (secondary N) is 1. The summed E-state index contributed by atoms with van der Waals surface area (Å²) in [5.74, 6) is 0.596. The second-order valence-electron chi connectivity index (χ2n) is 4.38. The molecule has 1 atom stereocenters. The lowest BCUT2D eigenvalue weighted by molar-refractivity contribution is -0.115. The summed E-state index contributed by atoms with van der Waals surface area (Å²) < 4.78 is 0. The van der Waals surface area contributed by atoms with E-state index < -0.39 is 0 Å². The molecule has 0 aromatic heterocycles. The average Bonchev–Trinajstić information content (AvgIpc) is 2.44. The van der Waals surface area contributed by atoms with Crippen LogP contribution in [-0.4, -0.2) is 28.6 Å². The molecule has 0 fully saturated rings. The molecule has 0 aliphatic carbocycles. The first kappa shape index (κ1) is 16.1. The quantitative estimate of drug-likeness (QED) is 0.808. The number of para-hydroxylation sites is 1. The first-order chi connectivity index (χ1) is 9.13. The van der Waals surface area contributed by atoms with Crippen molar-refractivity contribution in [2.75, 3.05) is 17.7 Å². The molecule has 1 aromatic carbocycles. The van der Waals surface area contributed by atoms with E-state index in [2.05, 4.69) is 31.3 Å². The van der Waals surface area contributed by atoms with E-state index in [1.54, 1.807) is 0 Å². The molecule has 0 saturated heterocycles. The Balaban J connectivity index is 2.83. The van der Waals surface area contributed by atoms with E-state index in [0.29, 0.717) is 5.75 Å². The van der Waals surface area contributed by atoms with E-state index in [1.807, 2.05) is 13.0 Å². The number of aliphatic hydroxyl groups excluding tert-OH is 1. The zero-order valence-corrected chi connectivity index (χ0v) is 12.7. The Hall–Kier alpha value is -1.000. The Morgan fingerprint density at radius 2 is 1.89 bits per heavy atom. The molecule has 0 aliphatic rings. The van der Waals surface area contributed by atoms with E-state index in [9.17, 15) is 4.79 Å². The number of hydrogen-bond acceptors (Lipinski definition) is 3. The number of carbonyl (C=O) groups excluding carboxylic acids is 1. The maximum absolute atomic E-state index is 12.1. The number of carbonyl (C=O) groups is 1. The van der Waals surface area contributed by atoms with Crippen molar-refractivity contribution in [2.45, 2.75) is 38.9 Å². The van der Waals surface area contributed by atoms with Crippen LogP contribution in [0, 0.1) is 0 Å². The largest absolute Gasteiger partial charge is 0.396 e. The third-order valence-electron chi connectivity index (χ3n) is 3.08. The van der Waals surface area contributed by atoms with Crippen molar-refractivity contribution in [3.05, 3.63) is 29.3 Å². The summed E-state index contributed by atoms with van der Waals surface area (Å²) in [6, 6.07) is 6.15. The normalized spacial score (nSPS) is 12.2.